The Balaban J connectivity index is 2.26. The summed E-state index contributed by atoms with van der Waals surface area (Å²) in [6.45, 7) is 4.60. The number of alkyl halides is 1. The molecule has 21 heavy (non-hydrogen) atoms. The smallest absolute Gasteiger partial charge is 0.0123 e. The van der Waals surface area contributed by atoms with Crippen LogP contribution >= 0.6 is 15.9 Å². The summed E-state index contributed by atoms with van der Waals surface area (Å²) in [5, 5.41) is 9.17. The van der Waals surface area contributed by atoms with Crippen LogP contribution in [0.5, 0.6) is 0 Å². The average molecular weight is 337 g/mol. The fourth-order valence-electron chi connectivity index (χ4n) is 3.40. The highest BCUT2D eigenvalue weighted by Crippen LogP contribution is 2.39. The van der Waals surface area contributed by atoms with E-state index in [0.29, 0.717) is 0 Å². The molecule has 0 heterocycles. The van der Waals surface area contributed by atoms with Crippen LogP contribution in [0, 0.1) is 0 Å². The van der Waals surface area contributed by atoms with Crippen molar-refractivity contribution in [2.75, 3.05) is 5.33 Å². The zero-order valence-corrected chi connectivity index (χ0v) is 13.9. The maximum absolute atomic E-state index is 3.68. The van der Waals surface area contributed by atoms with Crippen molar-refractivity contribution in [1.29, 1.82) is 0 Å². The van der Waals surface area contributed by atoms with Crippen molar-refractivity contribution in [2.24, 2.45) is 0 Å². The first kappa shape index (κ1) is 13.1. The Bertz CT molecular complexity index is 934. The van der Waals surface area contributed by atoms with Crippen LogP contribution < -0.4 is 0 Å². The van der Waals surface area contributed by atoms with E-state index < -0.39 is 0 Å². The van der Waals surface area contributed by atoms with Crippen LogP contribution in [0.25, 0.3) is 32.3 Å². The summed E-state index contributed by atoms with van der Waals surface area (Å²) in [7, 11) is 0. The molecular formula is C20H17Br. The summed E-state index contributed by atoms with van der Waals surface area (Å²) >= 11 is 3.68. The summed E-state index contributed by atoms with van der Waals surface area (Å²) in [4.78, 5) is 0. The molecule has 0 bridgehead atoms. The first-order valence-corrected chi connectivity index (χ1v) is 8.47. The molecule has 0 aromatic heterocycles. The van der Waals surface area contributed by atoms with Gasteiger partial charge in [-0.15, -0.1) is 0 Å². The molecular weight excluding hydrogens is 320 g/mol. The molecule has 0 nitrogen and oxygen atoms in total. The van der Waals surface area contributed by atoms with E-state index in [9.17, 15) is 0 Å². The average Bonchev–Trinajstić information content (AvgIpc) is 2.52. The van der Waals surface area contributed by atoms with Gasteiger partial charge in [0.2, 0.25) is 0 Å². The second kappa shape index (κ2) is 4.45. The molecule has 0 unspecified atom stereocenters. The largest absolute Gasteiger partial charge is 0.0919 e. The van der Waals surface area contributed by atoms with E-state index in [0.717, 1.165) is 5.33 Å². The van der Waals surface area contributed by atoms with Gasteiger partial charge in [-0.05, 0) is 43.3 Å². The van der Waals surface area contributed by atoms with Crippen molar-refractivity contribution < 1.29 is 0 Å². The Morgan fingerprint density at radius 1 is 0.762 bits per heavy atom. The van der Waals surface area contributed by atoms with E-state index in [1.165, 1.54) is 37.9 Å². The summed E-state index contributed by atoms with van der Waals surface area (Å²) in [5.74, 6) is 0. The maximum Gasteiger partial charge on any atom is 0.0123 e. The highest BCUT2D eigenvalue weighted by Gasteiger charge is 2.22. The predicted octanol–water partition coefficient (Wildman–Crippen LogP) is 6.26. The second-order valence-corrected chi connectivity index (χ2v) is 7.05. The first-order chi connectivity index (χ1) is 10.1. The van der Waals surface area contributed by atoms with Crippen LogP contribution in [0.15, 0.2) is 54.6 Å². The standard InChI is InChI=1S/C20H17Br/c1-20(2,12-21)17-11-9-15-7-6-13-4-3-5-14-8-10-16(17)19(15)18(13)14/h3-11H,12H2,1-2H3. The summed E-state index contributed by atoms with van der Waals surface area (Å²) < 4.78 is 0. The van der Waals surface area contributed by atoms with Crippen LogP contribution in [-0.4, -0.2) is 5.33 Å². The van der Waals surface area contributed by atoms with E-state index in [2.05, 4.69) is 84.4 Å². The molecule has 4 aromatic carbocycles. The van der Waals surface area contributed by atoms with Gasteiger partial charge in [0, 0.05) is 5.33 Å². The minimum atomic E-state index is 0.127. The Hall–Kier alpha value is -1.60. The highest BCUT2D eigenvalue weighted by atomic mass is 79.9. The summed E-state index contributed by atoms with van der Waals surface area (Å²) in [6.07, 6.45) is 0. The lowest BCUT2D eigenvalue weighted by Crippen LogP contribution is -2.19. The van der Waals surface area contributed by atoms with Gasteiger partial charge in [0.05, 0.1) is 0 Å². The molecule has 0 atom stereocenters. The lowest BCUT2D eigenvalue weighted by molar-refractivity contribution is 0.613. The molecule has 4 rings (SSSR count). The molecule has 0 aliphatic rings. The van der Waals surface area contributed by atoms with Gasteiger partial charge in [0.25, 0.3) is 0 Å². The molecule has 0 aliphatic carbocycles. The Kier molecular flexibility index (Phi) is 2.77. The number of hydrogen-bond donors (Lipinski definition) is 0. The Morgan fingerprint density at radius 3 is 2.00 bits per heavy atom. The molecule has 0 N–H and O–H groups in total. The molecule has 0 saturated carbocycles. The summed E-state index contributed by atoms with van der Waals surface area (Å²) in [6, 6.07) is 20.2. The molecule has 104 valence electrons. The van der Waals surface area contributed by atoms with Crippen LogP contribution in [0.1, 0.15) is 19.4 Å². The van der Waals surface area contributed by atoms with Crippen LogP contribution in [0.4, 0.5) is 0 Å². The number of benzene rings is 4. The minimum absolute atomic E-state index is 0.127. The molecule has 1 heteroatoms. The van der Waals surface area contributed by atoms with E-state index in [4.69, 9.17) is 0 Å². The lowest BCUT2D eigenvalue weighted by Gasteiger charge is -2.25. The maximum atomic E-state index is 3.68. The summed E-state index contributed by atoms with van der Waals surface area (Å²) in [5.41, 5.74) is 1.55. The number of hydrogen-bond acceptors (Lipinski definition) is 0. The number of halogens is 1. The van der Waals surface area contributed by atoms with Gasteiger partial charge in [0.15, 0.2) is 0 Å². The van der Waals surface area contributed by atoms with Crippen molar-refractivity contribution in [3.8, 4) is 0 Å². The van der Waals surface area contributed by atoms with Crippen LogP contribution in [0.2, 0.25) is 0 Å². The third-order valence-corrected chi connectivity index (χ3v) is 5.99. The molecule has 0 fully saturated rings. The molecule has 0 saturated heterocycles. The van der Waals surface area contributed by atoms with Crippen LogP contribution in [-0.2, 0) is 5.41 Å². The van der Waals surface area contributed by atoms with Gasteiger partial charge >= 0.3 is 0 Å². The van der Waals surface area contributed by atoms with Gasteiger partial charge in [-0.25, -0.2) is 0 Å². The normalized spacial score (nSPS) is 12.7. The predicted molar refractivity (Wildman–Crippen MR) is 97.0 cm³/mol. The third kappa shape index (κ3) is 1.80. The van der Waals surface area contributed by atoms with E-state index in [-0.39, 0.29) is 5.41 Å². The first-order valence-electron chi connectivity index (χ1n) is 7.35. The zero-order chi connectivity index (χ0) is 14.6. The van der Waals surface area contributed by atoms with Crippen molar-refractivity contribution >= 4 is 48.2 Å². The van der Waals surface area contributed by atoms with Crippen molar-refractivity contribution in [2.45, 2.75) is 19.3 Å². The van der Waals surface area contributed by atoms with Gasteiger partial charge in [-0.1, -0.05) is 84.4 Å². The second-order valence-electron chi connectivity index (χ2n) is 6.49. The quantitative estimate of drug-likeness (QED) is 0.299. The lowest BCUT2D eigenvalue weighted by atomic mass is 9.81. The molecule has 0 spiro atoms. The molecule has 0 aliphatic heterocycles. The minimum Gasteiger partial charge on any atom is -0.0919 e. The fourth-order valence-corrected chi connectivity index (χ4v) is 3.70. The van der Waals surface area contributed by atoms with Gasteiger partial charge in [-0.3, -0.25) is 0 Å². The monoisotopic (exact) mass is 336 g/mol. The van der Waals surface area contributed by atoms with E-state index in [1.807, 2.05) is 0 Å². The van der Waals surface area contributed by atoms with E-state index in [1.54, 1.807) is 0 Å². The van der Waals surface area contributed by atoms with Gasteiger partial charge < -0.3 is 0 Å². The van der Waals surface area contributed by atoms with Gasteiger partial charge in [-0.2, -0.15) is 0 Å². The molecule has 0 amide bonds. The SMILES string of the molecule is CC(C)(CBr)c1ccc2ccc3cccc4ccc1c2c34. The van der Waals surface area contributed by atoms with Crippen molar-refractivity contribution in [3.05, 3.63) is 60.2 Å². The van der Waals surface area contributed by atoms with Crippen LogP contribution in [0.3, 0.4) is 0 Å². The Morgan fingerprint density at radius 2 is 1.33 bits per heavy atom. The zero-order valence-electron chi connectivity index (χ0n) is 12.3. The topological polar surface area (TPSA) is 0 Å². The van der Waals surface area contributed by atoms with Crippen molar-refractivity contribution in [1.82, 2.24) is 0 Å². The fraction of sp³-hybridized carbons (Fsp3) is 0.200. The third-order valence-electron chi connectivity index (χ3n) is 4.59. The van der Waals surface area contributed by atoms with Crippen molar-refractivity contribution in [3.63, 3.8) is 0 Å². The van der Waals surface area contributed by atoms with E-state index >= 15 is 0 Å². The van der Waals surface area contributed by atoms with Gasteiger partial charge in [0.1, 0.15) is 0 Å². The Labute approximate surface area is 133 Å². The highest BCUT2D eigenvalue weighted by molar-refractivity contribution is 9.09. The molecule has 4 aromatic rings. The molecule has 0 radical (unpaired) electrons. The number of rotatable bonds is 2.